The molecule has 8 nitrogen and oxygen atoms in total. The lowest BCUT2D eigenvalue weighted by molar-refractivity contribution is 0.154. The van der Waals surface area contributed by atoms with Crippen molar-refractivity contribution in [3.05, 3.63) is 82.2 Å². The highest BCUT2D eigenvalue weighted by molar-refractivity contribution is 5.76. The molecule has 0 radical (unpaired) electrons. The fraction of sp³-hybridized carbons (Fsp3) is 0.471. The highest BCUT2D eigenvalue weighted by atomic mass is 16.5. The van der Waals surface area contributed by atoms with Crippen molar-refractivity contribution in [3.63, 3.8) is 0 Å². The van der Waals surface area contributed by atoms with Crippen molar-refractivity contribution < 1.29 is 9.15 Å². The minimum absolute atomic E-state index is 0.00718. The molecule has 1 spiro atoms. The summed E-state index contributed by atoms with van der Waals surface area (Å²) in [5.74, 6) is 1.67. The van der Waals surface area contributed by atoms with E-state index in [1.165, 1.54) is 36.2 Å². The molecule has 6 rings (SSSR count). The molecule has 1 aromatic carbocycles. The van der Waals surface area contributed by atoms with Crippen molar-refractivity contribution in [2.75, 3.05) is 56.7 Å². The van der Waals surface area contributed by atoms with Gasteiger partial charge in [0.25, 0.3) is 5.56 Å². The first-order valence-electron chi connectivity index (χ1n) is 15.2. The van der Waals surface area contributed by atoms with E-state index in [9.17, 15) is 4.79 Å². The molecule has 1 aliphatic heterocycles. The molecule has 3 aromatic heterocycles. The summed E-state index contributed by atoms with van der Waals surface area (Å²) in [6.07, 6.45) is 8.54. The molecule has 1 aliphatic carbocycles. The molecule has 0 N–H and O–H groups in total. The topological polar surface area (TPSA) is 67.0 Å². The van der Waals surface area contributed by atoms with Gasteiger partial charge in [0.15, 0.2) is 0 Å². The number of aromatic nitrogens is 2. The van der Waals surface area contributed by atoms with Gasteiger partial charge in [-0.1, -0.05) is 12.5 Å². The van der Waals surface area contributed by atoms with Gasteiger partial charge >= 0.3 is 0 Å². The van der Waals surface area contributed by atoms with Gasteiger partial charge in [0.05, 0.1) is 23.4 Å². The third kappa shape index (κ3) is 5.91. The van der Waals surface area contributed by atoms with E-state index in [4.69, 9.17) is 9.15 Å². The summed E-state index contributed by atoms with van der Waals surface area (Å²) in [6.45, 7) is 9.76. The zero-order valence-electron chi connectivity index (χ0n) is 25.4. The Bertz CT molecular complexity index is 1600. The van der Waals surface area contributed by atoms with Crippen LogP contribution in [0.3, 0.4) is 0 Å². The van der Waals surface area contributed by atoms with Crippen molar-refractivity contribution in [1.29, 1.82) is 0 Å². The smallest absolute Gasteiger partial charge is 0.261 e. The molecule has 222 valence electrons. The largest absolute Gasteiger partial charge is 0.493 e. The fourth-order valence-corrected chi connectivity index (χ4v) is 6.74. The molecule has 0 unspecified atom stereocenters. The van der Waals surface area contributed by atoms with Crippen LogP contribution in [-0.2, 0) is 13.1 Å². The molecular weight excluding hydrogens is 526 g/mol. The number of pyridine rings is 2. The lowest BCUT2D eigenvalue weighted by Gasteiger charge is -2.44. The molecule has 0 atom stereocenters. The number of hydrogen-bond donors (Lipinski definition) is 0. The van der Waals surface area contributed by atoms with Gasteiger partial charge in [0, 0.05) is 82.9 Å². The van der Waals surface area contributed by atoms with Crippen LogP contribution in [-0.4, -0.2) is 61.3 Å². The molecule has 1 fully saturated rings. The quantitative estimate of drug-likeness (QED) is 0.229. The SMILES string of the molecule is Cc1cc2c(=O)n(CCN(CCCOc3ccc4c(c3)N(C)CC3(CCC3)CN4C)Cc3cccnc3C)ccc2o1. The number of aryl methyl sites for hydroxylation is 2. The summed E-state index contributed by atoms with van der Waals surface area (Å²) in [5, 5.41) is 0.638. The molecule has 2 aliphatic rings. The average molecular weight is 570 g/mol. The van der Waals surface area contributed by atoms with Crippen molar-refractivity contribution in [1.82, 2.24) is 14.5 Å². The summed E-state index contributed by atoms with van der Waals surface area (Å²) in [7, 11) is 4.44. The zero-order chi connectivity index (χ0) is 29.3. The summed E-state index contributed by atoms with van der Waals surface area (Å²) in [5.41, 5.74) is 5.84. The van der Waals surface area contributed by atoms with Gasteiger partial charge in [-0.2, -0.15) is 0 Å². The van der Waals surface area contributed by atoms with Gasteiger partial charge in [-0.3, -0.25) is 14.7 Å². The van der Waals surface area contributed by atoms with Crippen LogP contribution in [0, 0.1) is 19.3 Å². The van der Waals surface area contributed by atoms with Crippen LogP contribution in [0.2, 0.25) is 0 Å². The van der Waals surface area contributed by atoms with Crippen molar-refractivity contribution in [2.24, 2.45) is 5.41 Å². The Balaban J connectivity index is 1.10. The van der Waals surface area contributed by atoms with E-state index in [0.29, 0.717) is 29.5 Å². The number of ether oxygens (including phenoxy) is 1. The number of rotatable bonds is 10. The van der Waals surface area contributed by atoms with E-state index in [2.05, 4.69) is 65.0 Å². The third-order valence-electron chi connectivity index (χ3n) is 9.16. The number of furan rings is 1. The van der Waals surface area contributed by atoms with E-state index in [1.807, 2.05) is 37.5 Å². The van der Waals surface area contributed by atoms with Gasteiger partial charge in [0.2, 0.25) is 0 Å². The van der Waals surface area contributed by atoms with Crippen LogP contribution in [0.4, 0.5) is 11.4 Å². The van der Waals surface area contributed by atoms with E-state index in [1.54, 1.807) is 4.57 Å². The Morgan fingerprint density at radius 2 is 1.83 bits per heavy atom. The fourth-order valence-electron chi connectivity index (χ4n) is 6.74. The summed E-state index contributed by atoms with van der Waals surface area (Å²) in [6, 6.07) is 14.4. The predicted molar refractivity (Wildman–Crippen MR) is 169 cm³/mol. The molecule has 8 heteroatoms. The monoisotopic (exact) mass is 569 g/mol. The van der Waals surface area contributed by atoms with E-state index < -0.39 is 0 Å². The molecule has 0 amide bonds. The lowest BCUT2D eigenvalue weighted by atomic mass is 9.68. The maximum absolute atomic E-state index is 13.1. The molecule has 42 heavy (non-hydrogen) atoms. The van der Waals surface area contributed by atoms with Crippen LogP contribution < -0.4 is 20.1 Å². The standard InChI is InChI=1S/C34H43N5O3/c1-25-20-29-32(42-25)11-16-39(33(29)40)18-17-38(22-27-8-5-14-35-26(27)2)15-7-19-41-28-9-10-30-31(21-28)37(4)24-34(12-6-13-34)23-36(30)3/h5,8-11,14,16,20-21H,6-7,12-13,15,17-19,22-24H2,1-4H3. The number of hydrogen-bond acceptors (Lipinski definition) is 7. The van der Waals surface area contributed by atoms with Gasteiger partial charge < -0.3 is 23.5 Å². The summed E-state index contributed by atoms with van der Waals surface area (Å²) < 4.78 is 13.7. The van der Waals surface area contributed by atoms with Crippen LogP contribution in [0.5, 0.6) is 5.75 Å². The second-order valence-corrected chi connectivity index (χ2v) is 12.4. The normalized spacial score (nSPS) is 16.1. The van der Waals surface area contributed by atoms with Gasteiger partial charge in [-0.25, -0.2) is 0 Å². The molecule has 4 aromatic rings. The summed E-state index contributed by atoms with van der Waals surface area (Å²) in [4.78, 5) is 24.8. The highest BCUT2D eigenvalue weighted by Crippen LogP contribution is 2.47. The predicted octanol–water partition coefficient (Wildman–Crippen LogP) is 5.63. The Morgan fingerprint density at radius 3 is 2.60 bits per heavy atom. The maximum atomic E-state index is 13.1. The Labute approximate surface area is 248 Å². The second kappa shape index (κ2) is 11.8. The summed E-state index contributed by atoms with van der Waals surface area (Å²) >= 11 is 0. The van der Waals surface area contributed by atoms with Crippen LogP contribution >= 0.6 is 0 Å². The van der Waals surface area contributed by atoms with E-state index >= 15 is 0 Å². The van der Waals surface area contributed by atoms with E-state index in [0.717, 1.165) is 56.3 Å². The first-order valence-corrected chi connectivity index (χ1v) is 15.2. The zero-order valence-corrected chi connectivity index (χ0v) is 25.4. The molecule has 1 saturated carbocycles. The number of anilines is 2. The Morgan fingerprint density at radius 1 is 1.02 bits per heavy atom. The first-order chi connectivity index (χ1) is 20.3. The number of fused-ring (bicyclic) bond motifs is 2. The molecular formula is C34H43N5O3. The third-order valence-corrected chi connectivity index (χ3v) is 9.16. The van der Waals surface area contributed by atoms with Crippen molar-refractivity contribution >= 4 is 22.3 Å². The van der Waals surface area contributed by atoms with Gasteiger partial charge in [-0.05, 0) is 69.0 Å². The van der Waals surface area contributed by atoms with Gasteiger partial charge in [0.1, 0.15) is 17.1 Å². The number of benzene rings is 1. The average Bonchev–Trinajstić information content (AvgIpc) is 3.30. The van der Waals surface area contributed by atoms with Crippen molar-refractivity contribution in [2.45, 2.75) is 52.6 Å². The molecule has 0 saturated heterocycles. The molecule has 4 heterocycles. The highest BCUT2D eigenvalue weighted by Gasteiger charge is 2.41. The van der Waals surface area contributed by atoms with Crippen LogP contribution in [0.25, 0.3) is 11.0 Å². The lowest BCUT2D eigenvalue weighted by Crippen LogP contribution is -2.45. The Kier molecular flexibility index (Phi) is 7.99. The number of nitrogens with zero attached hydrogens (tertiary/aromatic N) is 5. The second-order valence-electron chi connectivity index (χ2n) is 12.4. The minimum atomic E-state index is -0.00718. The first kappa shape index (κ1) is 28.3. The van der Waals surface area contributed by atoms with Gasteiger partial charge in [-0.15, -0.1) is 0 Å². The van der Waals surface area contributed by atoms with Crippen LogP contribution in [0.1, 0.15) is 42.7 Å². The molecule has 0 bridgehead atoms. The Hall–Kier alpha value is -3.78. The van der Waals surface area contributed by atoms with Crippen molar-refractivity contribution in [3.8, 4) is 5.75 Å². The van der Waals surface area contributed by atoms with E-state index in [-0.39, 0.29) is 5.56 Å². The van der Waals surface area contributed by atoms with Crippen LogP contribution in [0.15, 0.2) is 64.1 Å². The maximum Gasteiger partial charge on any atom is 0.261 e. The minimum Gasteiger partial charge on any atom is -0.493 e.